The average Bonchev–Trinajstić information content (AvgIpc) is 3.14. The highest BCUT2D eigenvalue weighted by Crippen LogP contribution is 2.24. The smallest absolute Gasteiger partial charge is 0.155 e. The molecule has 0 fully saturated rings. The van der Waals surface area contributed by atoms with Crippen molar-refractivity contribution in [1.29, 1.82) is 0 Å². The second-order valence-corrected chi connectivity index (χ2v) is 7.02. The van der Waals surface area contributed by atoms with E-state index in [-0.39, 0.29) is 6.04 Å². The van der Waals surface area contributed by atoms with Crippen LogP contribution in [-0.4, -0.2) is 26.2 Å². The monoisotopic (exact) mass is 330 g/mol. The molecule has 5 nitrogen and oxygen atoms in total. The minimum Gasteiger partial charge on any atom is -0.384 e. The Balaban J connectivity index is 1.78. The molecule has 0 saturated carbocycles. The van der Waals surface area contributed by atoms with Crippen LogP contribution in [0.1, 0.15) is 42.4 Å². The van der Waals surface area contributed by atoms with Gasteiger partial charge in [-0.05, 0) is 50.1 Å². The molecule has 0 aliphatic carbocycles. The zero-order chi connectivity index (χ0) is 16.6. The summed E-state index contributed by atoms with van der Waals surface area (Å²) in [6, 6.07) is 4.00. The second-order valence-electron chi connectivity index (χ2n) is 6.24. The number of nitrogens with one attached hydrogen (secondary N) is 1. The SMILES string of the molecule is Cc1cc2ncc(C(C)NCC(C)(O)c3ccsc3)c(C)n2n1. The maximum absolute atomic E-state index is 10.6. The van der Waals surface area contributed by atoms with E-state index >= 15 is 0 Å². The summed E-state index contributed by atoms with van der Waals surface area (Å²) >= 11 is 1.59. The van der Waals surface area contributed by atoms with Crippen LogP contribution in [0.4, 0.5) is 0 Å². The van der Waals surface area contributed by atoms with Crippen molar-refractivity contribution in [3.05, 3.63) is 51.6 Å². The van der Waals surface area contributed by atoms with Gasteiger partial charge in [-0.25, -0.2) is 9.50 Å². The number of aromatic nitrogens is 3. The summed E-state index contributed by atoms with van der Waals surface area (Å²) in [5.41, 5.74) is 4.03. The normalized spacial score (nSPS) is 15.7. The minimum absolute atomic E-state index is 0.0708. The van der Waals surface area contributed by atoms with Gasteiger partial charge in [0.15, 0.2) is 5.65 Å². The number of rotatable bonds is 5. The van der Waals surface area contributed by atoms with E-state index in [4.69, 9.17) is 0 Å². The Hall–Kier alpha value is -1.76. The Bertz CT molecular complexity index is 807. The second kappa shape index (κ2) is 6.03. The molecule has 3 rings (SSSR count). The van der Waals surface area contributed by atoms with Gasteiger partial charge in [0.2, 0.25) is 0 Å². The van der Waals surface area contributed by atoms with Gasteiger partial charge >= 0.3 is 0 Å². The Morgan fingerprint density at radius 3 is 2.91 bits per heavy atom. The van der Waals surface area contributed by atoms with Crippen molar-refractivity contribution in [2.45, 2.75) is 39.3 Å². The molecular formula is C17H22N4OS. The maximum Gasteiger partial charge on any atom is 0.155 e. The highest BCUT2D eigenvalue weighted by molar-refractivity contribution is 7.08. The zero-order valence-corrected chi connectivity index (χ0v) is 14.7. The number of thiophene rings is 1. The number of aliphatic hydroxyl groups is 1. The number of hydrogen-bond acceptors (Lipinski definition) is 5. The van der Waals surface area contributed by atoms with Gasteiger partial charge in [-0.3, -0.25) is 0 Å². The first-order chi connectivity index (χ1) is 10.9. The van der Waals surface area contributed by atoms with Crippen molar-refractivity contribution in [3.63, 3.8) is 0 Å². The van der Waals surface area contributed by atoms with Crippen molar-refractivity contribution >= 4 is 17.0 Å². The van der Waals surface area contributed by atoms with Gasteiger partial charge in [-0.1, -0.05) is 0 Å². The first-order valence-electron chi connectivity index (χ1n) is 7.69. The number of nitrogens with zero attached hydrogens (tertiary/aromatic N) is 3. The van der Waals surface area contributed by atoms with Crippen LogP contribution in [0.2, 0.25) is 0 Å². The summed E-state index contributed by atoms with van der Waals surface area (Å²) in [6.45, 7) is 8.40. The molecule has 0 bridgehead atoms. The van der Waals surface area contributed by atoms with Crippen LogP contribution in [0.5, 0.6) is 0 Å². The lowest BCUT2D eigenvalue weighted by Gasteiger charge is -2.26. The molecular weight excluding hydrogens is 308 g/mol. The van der Waals surface area contributed by atoms with E-state index in [0.717, 1.165) is 28.2 Å². The van der Waals surface area contributed by atoms with E-state index in [1.165, 1.54) is 0 Å². The third-order valence-corrected chi connectivity index (χ3v) is 4.93. The van der Waals surface area contributed by atoms with Crippen molar-refractivity contribution in [1.82, 2.24) is 19.9 Å². The number of hydrogen-bond donors (Lipinski definition) is 2. The summed E-state index contributed by atoms with van der Waals surface area (Å²) in [4.78, 5) is 4.48. The molecule has 2 unspecified atom stereocenters. The van der Waals surface area contributed by atoms with Crippen LogP contribution in [0.25, 0.3) is 5.65 Å². The standard InChI is InChI=1S/C17H22N4OS/c1-11-7-16-18-8-15(13(3)21(16)20-11)12(2)19-10-17(4,22)14-5-6-23-9-14/h5-9,12,19,22H,10H2,1-4H3. The molecule has 0 aromatic carbocycles. The van der Waals surface area contributed by atoms with Crippen molar-refractivity contribution < 1.29 is 5.11 Å². The fourth-order valence-electron chi connectivity index (χ4n) is 2.74. The molecule has 23 heavy (non-hydrogen) atoms. The molecule has 0 radical (unpaired) electrons. The largest absolute Gasteiger partial charge is 0.384 e. The fourth-order valence-corrected chi connectivity index (χ4v) is 3.52. The molecule has 6 heteroatoms. The van der Waals surface area contributed by atoms with Crippen molar-refractivity contribution in [2.24, 2.45) is 0 Å². The van der Waals surface area contributed by atoms with E-state index < -0.39 is 5.60 Å². The molecule has 0 aliphatic heterocycles. The van der Waals surface area contributed by atoms with Gasteiger partial charge in [-0.2, -0.15) is 16.4 Å². The summed E-state index contributed by atoms with van der Waals surface area (Å²) in [5.74, 6) is 0. The van der Waals surface area contributed by atoms with Crippen LogP contribution >= 0.6 is 11.3 Å². The Morgan fingerprint density at radius 1 is 1.43 bits per heavy atom. The number of aryl methyl sites for hydroxylation is 2. The van der Waals surface area contributed by atoms with Crippen molar-refractivity contribution in [3.8, 4) is 0 Å². The van der Waals surface area contributed by atoms with Crippen LogP contribution in [0.3, 0.4) is 0 Å². The molecule has 0 amide bonds. The lowest BCUT2D eigenvalue weighted by molar-refractivity contribution is 0.0547. The summed E-state index contributed by atoms with van der Waals surface area (Å²) < 4.78 is 1.87. The average molecular weight is 330 g/mol. The fraction of sp³-hybridized carbons (Fsp3) is 0.412. The van der Waals surface area contributed by atoms with Crippen LogP contribution in [-0.2, 0) is 5.60 Å². The zero-order valence-electron chi connectivity index (χ0n) is 13.9. The molecule has 3 aromatic rings. The topological polar surface area (TPSA) is 62.5 Å². The van der Waals surface area contributed by atoms with Gasteiger partial charge in [0.1, 0.15) is 5.60 Å². The first-order valence-corrected chi connectivity index (χ1v) is 8.63. The Kier molecular flexibility index (Phi) is 4.23. The van der Waals surface area contributed by atoms with Crippen LogP contribution in [0.15, 0.2) is 29.1 Å². The number of fused-ring (bicyclic) bond motifs is 1. The van der Waals surface area contributed by atoms with Gasteiger partial charge < -0.3 is 10.4 Å². The Labute approximate surface area is 140 Å². The van der Waals surface area contributed by atoms with Gasteiger partial charge in [-0.15, -0.1) is 0 Å². The lowest BCUT2D eigenvalue weighted by atomic mass is 9.98. The molecule has 122 valence electrons. The maximum atomic E-state index is 10.6. The Morgan fingerprint density at radius 2 is 2.22 bits per heavy atom. The predicted molar refractivity (Wildman–Crippen MR) is 92.8 cm³/mol. The summed E-state index contributed by atoms with van der Waals surface area (Å²) in [5, 5.41) is 22.5. The molecule has 0 aliphatic rings. The van der Waals surface area contributed by atoms with E-state index in [0.29, 0.717) is 6.54 Å². The highest BCUT2D eigenvalue weighted by Gasteiger charge is 2.24. The van der Waals surface area contributed by atoms with Gasteiger partial charge in [0.05, 0.1) is 5.69 Å². The molecule has 2 N–H and O–H groups in total. The summed E-state index contributed by atoms with van der Waals surface area (Å²) in [7, 11) is 0. The first kappa shape index (κ1) is 16.1. The van der Waals surface area contributed by atoms with E-state index in [1.807, 2.05) is 54.4 Å². The van der Waals surface area contributed by atoms with Gasteiger partial charge in [0.25, 0.3) is 0 Å². The molecule has 0 saturated heterocycles. The van der Waals surface area contributed by atoms with Crippen molar-refractivity contribution in [2.75, 3.05) is 6.54 Å². The predicted octanol–water partition coefficient (Wildman–Crippen LogP) is 2.97. The van der Waals surface area contributed by atoms with Crippen LogP contribution in [0, 0.1) is 13.8 Å². The van der Waals surface area contributed by atoms with Crippen LogP contribution < -0.4 is 5.32 Å². The minimum atomic E-state index is -0.887. The quantitative estimate of drug-likeness (QED) is 0.755. The molecule has 2 atom stereocenters. The lowest BCUT2D eigenvalue weighted by Crippen LogP contribution is -2.36. The highest BCUT2D eigenvalue weighted by atomic mass is 32.1. The molecule has 0 spiro atoms. The van der Waals surface area contributed by atoms with E-state index in [2.05, 4.69) is 22.3 Å². The third kappa shape index (κ3) is 3.15. The third-order valence-electron chi connectivity index (χ3n) is 4.25. The summed E-state index contributed by atoms with van der Waals surface area (Å²) in [6.07, 6.45) is 1.89. The van der Waals surface area contributed by atoms with E-state index in [9.17, 15) is 5.11 Å². The van der Waals surface area contributed by atoms with Gasteiger partial charge in [0, 0.05) is 36.1 Å². The van der Waals surface area contributed by atoms with E-state index in [1.54, 1.807) is 11.3 Å². The molecule has 3 aromatic heterocycles. The molecule has 3 heterocycles.